The van der Waals surface area contributed by atoms with E-state index in [1.165, 1.54) is 0 Å². The molecule has 0 amide bonds. The fourth-order valence-corrected chi connectivity index (χ4v) is 3.43. The highest BCUT2D eigenvalue weighted by Gasteiger charge is 2.54. The van der Waals surface area contributed by atoms with Gasteiger partial charge in [-0.1, -0.05) is 12.2 Å². The Morgan fingerprint density at radius 2 is 1.68 bits per heavy atom. The molecule has 1 saturated carbocycles. The summed E-state index contributed by atoms with van der Waals surface area (Å²) in [7, 11) is -5.70. The van der Waals surface area contributed by atoms with Crippen molar-refractivity contribution in [2.75, 3.05) is 19.8 Å². The number of ether oxygens (including phenoxy) is 3. The summed E-state index contributed by atoms with van der Waals surface area (Å²) >= 11 is 0. The van der Waals surface area contributed by atoms with Crippen LogP contribution in [0, 0.1) is 23.7 Å². The SMILES string of the molecule is O=C(OCC1CO1)C1C2C=CC(C2)C1C(=O)OCC(F)(F)S(=O)(=O)O. The van der Waals surface area contributed by atoms with Crippen LogP contribution in [-0.2, 0) is 33.9 Å². The van der Waals surface area contributed by atoms with Crippen LogP contribution < -0.4 is 0 Å². The molecule has 0 spiro atoms. The maximum Gasteiger partial charge on any atom is 0.402 e. The van der Waals surface area contributed by atoms with Gasteiger partial charge in [-0.25, -0.2) is 0 Å². The van der Waals surface area contributed by atoms with Gasteiger partial charge in [0.1, 0.15) is 12.7 Å². The molecule has 25 heavy (non-hydrogen) atoms. The lowest BCUT2D eigenvalue weighted by molar-refractivity contribution is -0.165. The Balaban J connectivity index is 1.65. The number of esters is 2. The number of fused-ring (bicyclic) bond motifs is 2. The Labute approximate surface area is 141 Å². The lowest BCUT2D eigenvalue weighted by Crippen LogP contribution is -2.39. The standard InChI is InChI=1S/C14H16F2O8S/c15-14(16,25(19,20)21)6-24-13(18)11-8-2-1-7(3-8)10(11)12(17)23-5-9-4-22-9/h1-2,7-11H,3-6H2,(H,19,20,21). The number of hydrogen-bond donors (Lipinski definition) is 1. The van der Waals surface area contributed by atoms with Gasteiger partial charge in [-0.3, -0.25) is 14.1 Å². The number of allylic oxidation sites excluding steroid dienone is 2. The summed E-state index contributed by atoms with van der Waals surface area (Å²) in [6.07, 6.45) is 3.79. The fourth-order valence-electron chi connectivity index (χ4n) is 3.23. The largest absolute Gasteiger partial charge is 0.463 e. The number of epoxide rings is 1. The summed E-state index contributed by atoms with van der Waals surface area (Å²) in [6, 6.07) is 0. The van der Waals surface area contributed by atoms with E-state index in [0.717, 1.165) is 0 Å². The number of hydrogen-bond acceptors (Lipinski definition) is 7. The molecule has 5 unspecified atom stereocenters. The van der Waals surface area contributed by atoms with Gasteiger partial charge in [-0.15, -0.1) is 0 Å². The molecule has 2 bridgehead atoms. The van der Waals surface area contributed by atoms with Gasteiger partial charge >= 0.3 is 27.3 Å². The summed E-state index contributed by atoms with van der Waals surface area (Å²) < 4.78 is 70.4. The van der Waals surface area contributed by atoms with E-state index < -0.39 is 45.8 Å². The van der Waals surface area contributed by atoms with Crippen molar-refractivity contribution in [1.29, 1.82) is 0 Å². The summed E-state index contributed by atoms with van der Waals surface area (Å²) in [5.41, 5.74) is 0. The number of halogens is 2. The molecule has 140 valence electrons. The molecule has 0 radical (unpaired) electrons. The molecular weight excluding hydrogens is 366 g/mol. The first-order valence-corrected chi connectivity index (χ1v) is 9.02. The molecule has 2 fully saturated rings. The van der Waals surface area contributed by atoms with Crippen molar-refractivity contribution in [3.8, 4) is 0 Å². The Hall–Kier alpha value is -1.59. The fraction of sp³-hybridized carbons (Fsp3) is 0.714. The molecular formula is C14H16F2O8S. The molecule has 0 aromatic heterocycles. The molecule has 1 saturated heterocycles. The smallest absolute Gasteiger partial charge is 0.402 e. The van der Waals surface area contributed by atoms with E-state index >= 15 is 0 Å². The zero-order valence-corrected chi connectivity index (χ0v) is 13.7. The van der Waals surface area contributed by atoms with Crippen LogP contribution in [0.1, 0.15) is 6.42 Å². The van der Waals surface area contributed by atoms with Crippen LogP contribution in [-0.4, -0.2) is 56.1 Å². The van der Waals surface area contributed by atoms with Crippen molar-refractivity contribution in [1.82, 2.24) is 0 Å². The Bertz CT molecular complexity index is 700. The van der Waals surface area contributed by atoms with E-state index in [-0.39, 0.29) is 24.5 Å². The molecule has 5 atom stereocenters. The van der Waals surface area contributed by atoms with Gasteiger partial charge in [-0.05, 0) is 18.3 Å². The highest BCUT2D eigenvalue weighted by atomic mass is 32.2. The predicted octanol–water partition coefficient (Wildman–Crippen LogP) is 0.391. The Kier molecular flexibility index (Phi) is 4.58. The molecule has 8 nitrogen and oxygen atoms in total. The third-order valence-electron chi connectivity index (χ3n) is 4.58. The molecule has 0 aromatic carbocycles. The van der Waals surface area contributed by atoms with Crippen molar-refractivity contribution in [2.24, 2.45) is 23.7 Å². The molecule has 1 aliphatic heterocycles. The van der Waals surface area contributed by atoms with Gasteiger partial charge in [0.2, 0.25) is 0 Å². The summed E-state index contributed by atoms with van der Waals surface area (Å²) in [6.45, 7) is -1.28. The molecule has 3 aliphatic rings. The highest BCUT2D eigenvalue weighted by Crippen LogP contribution is 2.49. The van der Waals surface area contributed by atoms with Crippen molar-refractivity contribution >= 4 is 22.1 Å². The zero-order chi connectivity index (χ0) is 18.4. The quantitative estimate of drug-likeness (QED) is 0.291. The average Bonchev–Trinajstić information content (AvgIpc) is 3.13. The first-order valence-electron chi connectivity index (χ1n) is 7.58. The van der Waals surface area contributed by atoms with Gasteiger partial charge in [0, 0.05) is 0 Å². The van der Waals surface area contributed by atoms with Crippen molar-refractivity contribution < 1.29 is 45.6 Å². The van der Waals surface area contributed by atoms with Crippen LogP contribution in [0.3, 0.4) is 0 Å². The van der Waals surface area contributed by atoms with Crippen LogP contribution in [0.4, 0.5) is 8.78 Å². The normalized spacial score (nSPS) is 33.3. The maximum atomic E-state index is 13.2. The number of carbonyl (C=O) groups is 2. The summed E-state index contributed by atoms with van der Waals surface area (Å²) in [4.78, 5) is 24.4. The first-order chi connectivity index (χ1) is 11.6. The third-order valence-corrected chi connectivity index (χ3v) is 5.45. The third kappa shape index (κ3) is 3.67. The van der Waals surface area contributed by atoms with Crippen molar-refractivity contribution in [3.63, 3.8) is 0 Å². The van der Waals surface area contributed by atoms with Gasteiger partial charge in [0.05, 0.1) is 18.4 Å². The summed E-state index contributed by atoms with van der Waals surface area (Å²) in [5.74, 6) is -4.30. The van der Waals surface area contributed by atoms with Crippen molar-refractivity contribution in [2.45, 2.75) is 17.8 Å². The summed E-state index contributed by atoms with van der Waals surface area (Å²) in [5, 5.41) is -4.62. The number of carbonyl (C=O) groups excluding carboxylic acids is 2. The van der Waals surface area contributed by atoms with Gasteiger partial charge in [0.25, 0.3) is 0 Å². The molecule has 11 heteroatoms. The van der Waals surface area contributed by atoms with E-state index in [0.29, 0.717) is 13.0 Å². The average molecular weight is 382 g/mol. The number of rotatable bonds is 7. The van der Waals surface area contributed by atoms with E-state index in [2.05, 4.69) is 4.74 Å². The molecule has 1 heterocycles. The molecule has 2 aliphatic carbocycles. The van der Waals surface area contributed by atoms with Crippen LogP contribution in [0.5, 0.6) is 0 Å². The van der Waals surface area contributed by atoms with Crippen LogP contribution >= 0.6 is 0 Å². The first kappa shape index (κ1) is 18.2. The minimum absolute atomic E-state index is 0.0546. The zero-order valence-electron chi connectivity index (χ0n) is 12.8. The van der Waals surface area contributed by atoms with E-state index in [1.807, 2.05) is 0 Å². The minimum Gasteiger partial charge on any atom is -0.463 e. The van der Waals surface area contributed by atoms with Gasteiger partial charge < -0.3 is 14.2 Å². The second-order valence-corrected chi connectivity index (χ2v) is 7.85. The van der Waals surface area contributed by atoms with E-state index in [1.54, 1.807) is 12.2 Å². The molecule has 0 aromatic rings. The second-order valence-electron chi connectivity index (χ2n) is 6.31. The lowest BCUT2D eigenvalue weighted by Gasteiger charge is -2.25. The van der Waals surface area contributed by atoms with Crippen LogP contribution in [0.2, 0.25) is 0 Å². The van der Waals surface area contributed by atoms with Crippen LogP contribution in [0.25, 0.3) is 0 Å². The van der Waals surface area contributed by atoms with Gasteiger partial charge in [-0.2, -0.15) is 17.2 Å². The Morgan fingerprint density at radius 1 is 1.16 bits per heavy atom. The lowest BCUT2D eigenvalue weighted by atomic mass is 9.83. The number of alkyl halides is 2. The maximum absolute atomic E-state index is 13.2. The van der Waals surface area contributed by atoms with E-state index in [4.69, 9.17) is 14.0 Å². The van der Waals surface area contributed by atoms with E-state index in [9.17, 15) is 26.8 Å². The molecule has 1 N–H and O–H groups in total. The van der Waals surface area contributed by atoms with Crippen LogP contribution in [0.15, 0.2) is 12.2 Å². The molecule has 3 rings (SSSR count). The monoisotopic (exact) mass is 382 g/mol. The highest BCUT2D eigenvalue weighted by molar-refractivity contribution is 7.86. The second kappa shape index (κ2) is 6.29. The predicted molar refractivity (Wildman–Crippen MR) is 75.9 cm³/mol. The Morgan fingerprint density at radius 3 is 2.16 bits per heavy atom. The van der Waals surface area contributed by atoms with Crippen molar-refractivity contribution in [3.05, 3.63) is 12.2 Å². The van der Waals surface area contributed by atoms with Gasteiger partial charge in [0.15, 0.2) is 6.61 Å². The minimum atomic E-state index is -5.70. The topological polar surface area (TPSA) is 119 Å².